The van der Waals surface area contributed by atoms with Crippen LogP contribution in [-0.2, 0) is 28.4 Å². The molecule has 2 fully saturated rings. The van der Waals surface area contributed by atoms with Gasteiger partial charge in [0.1, 0.15) is 12.2 Å². The number of fused-ring (bicyclic) bond motifs is 1. The zero-order valence-electron chi connectivity index (χ0n) is 23.3. The van der Waals surface area contributed by atoms with Crippen molar-refractivity contribution >= 4 is 5.91 Å². The first-order valence-electron chi connectivity index (χ1n) is 14.0. The smallest absolute Gasteiger partial charge is 0.379 e. The van der Waals surface area contributed by atoms with E-state index in [-0.39, 0.29) is 17.5 Å². The topological polar surface area (TPSA) is 63.5 Å². The number of hydrogen-bond acceptors (Lipinski definition) is 5. The highest BCUT2D eigenvalue weighted by molar-refractivity contribution is 5.89. The van der Waals surface area contributed by atoms with Crippen molar-refractivity contribution in [2.45, 2.75) is 43.7 Å². The number of ether oxygens (including phenoxy) is 1. The van der Waals surface area contributed by atoms with Crippen molar-refractivity contribution in [1.82, 2.24) is 24.6 Å². The number of benzene rings is 1. The highest BCUT2D eigenvalue weighted by Gasteiger charge is 2.50. The summed E-state index contributed by atoms with van der Waals surface area (Å²) >= 11 is 0. The minimum atomic E-state index is -4.56. The van der Waals surface area contributed by atoms with Crippen LogP contribution in [0.5, 0.6) is 0 Å². The molecule has 0 radical (unpaired) electrons. The lowest BCUT2D eigenvalue weighted by Gasteiger charge is -2.47. The molecule has 4 aliphatic rings. The number of likely N-dealkylation sites (tertiary alicyclic amines) is 1. The molecule has 1 aromatic carbocycles. The van der Waals surface area contributed by atoms with Crippen LogP contribution in [0.4, 0.5) is 13.2 Å². The van der Waals surface area contributed by atoms with E-state index in [0.717, 1.165) is 48.5 Å². The van der Waals surface area contributed by atoms with E-state index in [1.165, 1.54) is 17.1 Å². The van der Waals surface area contributed by atoms with Gasteiger partial charge in [0, 0.05) is 19.8 Å². The molecule has 41 heavy (non-hydrogen) atoms. The normalized spacial score (nSPS) is 23.0. The minimum absolute atomic E-state index is 0.0673. The number of halogens is 3. The van der Waals surface area contributed by atoms with E-state index in [1.54, 1.807) is 12.5 Å². The van der Waals surface area contributed by atoms with E-state index in [1.807, 2.05) is 42.8 Å². The van der Waals surface area contributed by atoms with Crippen molar-refractivity contribution in [3.8, 4) is 0 Å². The van der Waals surface area contributed by atoms with Gasteiger partial charge < -0.3 is 9.30 Å². The molecule has 6 rings (SSSR count). The third kappa shape index (κ3) is 4.97. The van der Waals surface area contributed by atoms with Crippen LogP contribution < -0.4 is 0 Å². The summed E-state index contributed by atoms with van der Waals surface area (Å²) in [5, 5.41) is 8.43. The summed E-state index contributed by atoms with van der Waals surface area (Å²) in [6, 6.07) is 7.94. The number of hydrogen-bond donors (Lipinski definition) is 0. The number of rotatable bonds is 8. The zero-order chi connectivity index (χ0) is 28.9. The Bertz CT molecular complexity index is 1460. The minimum Gasteiger partial charge on any atom is -0.379 e. The van der Waals surface area contributed by atoms with Crippen molar-refractivity contribution in [1.29, 1.82) is 0 Å². The van der Waals surface area contributed by atoms with Crippen LogP contribution in [0.1, 0.15) is 42.6 Å². The molecule has 0 N–H and O–H groups in total. The lowest BCUT2D eigenvalue weighted by molar-refractivity contribution is -0.128. The van der Waals surface area contributed by atoms with E-state index in [0.29, 0.717) is 31.8 Å². The predicted octanol–water partition coefficient (Wildman–Crippen LogP) is 4.81. The molecule has 2 saturated heterocycles. The third-order valence-electron chi connectivity index (χ3n) is 8.71. The SMILES string of the molecule is C=C(C)C(c1nncn1C)C1(c2cccc(CC3C=C4C(C(F)(F)F)=CC(CN5CCCC5)=CN4C3=O)c2)COC1. The molecule has 216 valence electrons. The van der Waals surface area contributed by atoms with Crippen LogP contribution in [0.25, 0.3) is 0 Å². The number of aryl methyl sites for hydroxylation is 1. The quantitative estimate of drug-likeness (QED) is 0.430. The van der Waals surface area contributed by atoms with Crippen LogP contribution in [0.2, 0.25) is 0 Å². The van der Waals surface area contributed by atoms with Gasteiger partial charge in [-0.2, -0.15) is 13.2 Å². The van der Waals surface area contributed by atoms with E-state index >= 15 is 0 Å². The summed E-state index contributed by atoms with van der Waals surface area (Å²) < 4.78 is 50.0. The van der Waals surface area contributed by atoms with E-state index in [2.05, 4.69) is 21.7 Å². The molecule has 7 nitrogen and oxygen atoms in total. The Morgan fingerprint density at radius 2 is 2.00 bits per heavy atom. The van der Waals surface area contributed by atoms with Gasteiger partial charge in [0.15, 0.2) is 0 Å². The van der Waals surface area contributed by atoms with Crippen LogP contribution in [0.3, 0.4) is 0 Å². The summed E-state index contributed by atoms with van der Waals surface area (Å²) in [5.74, 6) is -0.374. The van der Waals surface area contributed by atoms with Gasteiger partial charge in [-0.3, -0.25) is 14.6 Å². The van der Waals surface area contributed by atoms with Gasteiger partial charge in [-0.05, 0) is 68.1 Å². The average Bonchev–Trinajstić information content (AvgIpc) is 3.62. The van der Waals surface area contributed by atoms with Crippen LogP contribution in [0.15, 0.2) is 77.9 Å². The fourth-order valence-electron chi connectivity index (χ4n) is 6.69. The maximum absolute atomic E-state index is 14.1. The average molecular weight is 566 g/mol. The molecule has 1 aromatic heterocycles. The Kier molecular flexibility index (Phi) is 7.02. The molecule has 0 bridgehead atoms. The number of carbonyl (C=O) groups excluding carboxylic acids is 1. The second-order valence-electron chi connectivity index (χ2n) is 11.7. The van der Waals surface area contributed by atoms with Gasteiger partial charge in [0.05, 0.1) is 41.7 Å². The van der Waals surface area contributed by atoms with Gasteiger partial charge in [-0.25, -0.2) is 0 Å². The van der Waals surface area contributed by atoms with Gasteiger partial charge in [0.2, 0.25) is 5.91 Å². The summed E-state index contributed by atoms with van der Waals surface area (Å²) in [4.78, 5) is 16.9. The maximum Gasteiger partial charge on any atom is 0.418 e. The Morgan fingerprint density at radius 3 is 2.61 bits per heavy atom. The summed E-state index contributed by atoms with van der Waals surface area (Å²) in [6.45, 7) is 9.30. The maximum atomic E-state index is 14.1. The van der Waals surface area contributed by atoms with E-state index in [9.17, 15) is 18.0 Å². The summed E-state index contributed by atoms with van der Waals surface area (Å²) in [6.07, 6.45) is 3.77. The molecule has 2 aromatic rings. The highest BCUT2D eigenvalue weighted by Crippen LogP contribution is 2.48. The molecule has 0 spiro atoms. The number of carbonyl (C=O) groups is 1. The molecule has 5 heterocycles. The van der Waals surface area contributed by atoms with Crippen molar-refractivity contribution in [2.75, 3.05) is 32.8 Å². The largest absolute Gasteiger partial charge is 0.418 e. The number of allylic oxidation sites excluding steroid dienone is 2. The number of amides is 1. The first-order chi connectivity index (χ1) is 19.6. The van der Waals surface area contributed by atoms with Gasteiger partial charge in [-0.1, -0.05) is 36.4 Å². The first-order valence-corrected chi connectivity index (χ1v) is 14.0. The molecule has 0 aliphatic carbocycles. The van der Waals surface area contributed by atoms with Gasteiger partial charge >= 0.3 is 6.18 Å². The lowest BCUT2D eigenvalue weighted by atomic mass is 9.65. The predicted molar refractivity (Wildman–Crippen MR) is 148 cm³/mol. The van der Waals surface area contributed by atoms with Crippen LogP contribution >= 0.6 is 0 Å². The van der Waals surface area contributed by atoms with Crippen molar-refractivity contribution in [3.63, 3.8) is 0 Å². The monoisotopic (exact) mass is 565 g/mol. The Balaban J connectivity index is 1.28. The molecular weight excluding hydrogens is 531 g/mol. The fourth-order valence-corrected chi connectivity index (χ4v) is 6.69. The van der Waals surface area contributed by atoms with Crippen molar-refractivity contribution in [3.05, 3.63) is 94.9 Å². The molecule has 2 atom stereocenters. The lowest BCUT2D eigenvalue weighted by Crippen LogP contribution is -2.52. The standard InChI is InChI=1S/C31H34F3N5O2/c1-20(2)27(28-36-35-19-37(28)3)30(17-41-18-30)24-8-6-7-21(12-24)11-23-14-26-25(31(32,33)34)13-22(16-39(26)29(23)40)15-38-9-4-5-10-38/h6-8,12-14,16,19,23,27H,1,4-5,9-11,15,17-18H2,2-3H3. The number of aromatic nitrogens is 3. The van der Waals surface area contributed by atoms with E-state index < -0.39 is 23.1 Å². The fraction of sp³-hybridized carbons (Fsp3) is 0.452. The van der Waals surface area contributed by atoms with E-state index in [4.69, 9.17) is 4.74 Å². The van der Waals surface area contributed by atoms with Crippen LogP contribution in [-0.4, -0.2) is 69.5 Å². The zero-order valence-corrected chi connectivity index (χ0v) is 23.3. The van der Waals surface area contributed by atoms with Gasteiger partial charge in [-0.15, -0.1) is 10.2 Å². The van der Waals surface area contributed by atoms with Crippen LogP contribution in [0, 0.1) is 5.92 Å². The Labute approximate surface area is 237 Å². The second kappa shape index (κ2) is 10.4. The Morgan fingerprint density at radius 1 is 1.24 bits per heavy atom. The first kappa shape index (κ1) is 27.7. The molecule has 0 saturated carbocycles. The van der Waals surface area contributed by atoms with Crippen molar-refractivity contribution in [2.24, 2.45) is 13.0 Å². The number of nitrogens with zero attached hydrogens (tertiary/aromatic N) is 5. The molecule has 1 amide bonds. The molecule has 4 aliphatic heterocycles. The van der Waals surface area contributed by atoms with Gasteiger partial charge in [0.25, 0.3) is 0 Å². The molecular formula is C31H34F3N5O2. The number of alkyl halides is 3. The molecule has 10 heteroatoms. The summed E-state index contributed by atoms with van der Waals surface area (Å²) in [7, 11) is 1.90. The summed E-state index contributed by atoms with van der Waals surface area (Å²) in [5.41, 5.74) is 2.12. The third-order valence-corrected chi connectivity index (χ3v) is 8.71. The molecule has 2 unspecified atom stereocenters. The van der Waals surface area contributed by atoms with Crippen molar-refractivity contribution < 1.29 is 22.7 Å². The highest BCUT2D eigenvalue weighted by atomic mass is 19.4. The Hall–Kier alpha value is -3.50. The second-order valence-corrected chi connectivity index (χ2v) is 11.7.